The van der Waals surface area contributed by atoms with E-state index in [9.17, 15) is 9.18 Å². The maximum absolute atomic E-state index is 12.6. The Kier molecular flexibility index (Phi) is 2.69. The second-order valence-corrected chi connectivity index (χ2v) is 2.46. The van der Waals surface area contributed by atoms with Gasteiger partial charge < -0.3 is 16.2 Å². The molecular weight excluding hydrogens is 175 g/mol. The minimum Gasteiger partial charge on any atom is -0.445 e. The van der Waals surface area contributed by atoms with Gasteiger partial charge in [0.2, 0.25) is 0 Å². The van der Waals surface area contributed by atoms with Gasteiger partial charge in [0.25, 0.3) is 0 Å². The first-order chi connectivity index (χ1) is 6.09. The van der Waals surface area contributed by atoms with E-state index < -0.39 is 11.9 Å². The molecule has 1 aromatic rings. The average molecular weight is 184 g/mol. The molecule has 0 spiro atoms. The summed E-state index contributed by atoms with van der Waals surface area (Å²) in [5, 5.41) is 0. The SMILES string of the molecule is NC(=O)OCc1ccc(F)c(N)c1. The van der Waals surface area contributed by atoms with Crippen LogP contribution in [0, 0.1) is 5.82 Å². The van der Waals surface area contributed by atoms with Crippen LogP contribution in [0.15, 0.2) is 18.2 Å². The summed E-state index contributed by atoms with van der Waals surface area (Å²) in [5.41, 5.74) is 10.6. The first kappa shape index (κ1) is 9.31. The molecule has 0 saturated carbocycles. The number of amides is 1. The highest BCUT2D eigenvalue weighted by Gasteiger charge is 2.01. The normalized spacial score (nSPS) is 9.62. The van der Waals surface area contributed by atoms with Crippen LogP contribution in [-0.4, -0.2) is 6.09 Å². The van der Waals surface area contributed by atoms with Crippen LogP contribution in [0.3, 0.4) is 0 Å². The van der Waals surface area contributed by atoms with Gasteiger partial charge in [-0.05, 0) is 17.7 Å². The Hall–Kier alpha value is -1.78. The van der Waals surface area contributed by atoms with Gasteiger partial charge in [-0.3, -0.25) is 0 Å². The van der Waals surface area contributed by atoms with Crippen LogP contribution in [-0.2, 0) is 11.3 Å². The molecule has 0 aromatic heterocycles. The lowest BCUT2D eigenvalue weighted by Gasteiger charge is -2.02. The fourth-order valence-electron chi connectivity index (χ4n) is 0.837. The van der Waals surface area contributed by atoms with Crippen molar-refractivity contribution in [1.82, 2.24) is 0 Å². The van der Waals surface area contributed by atoms with Crippen LogP contribution in [0.5, 0.6) is 0 Å². The maximum Gasteiger partial charge on any atom is 0.404 e. The Morgan fingerprint density at radius 3 is 2.77 bits per heavy atom. The third-order valence-corrected chi connectivity index (χ3v) is 1.44. The van der Waals surface area contributed by atoms with Gasteiger partial charge in [-0.25, -0.2) is 9.18 Å². The van der Waals surface area contributed by atoms with Crippen LogP contribution in [0.25, 0.3) is 0 Å². The number of hydrogen-bond donors (Lipinski definition) is 2. The van der Waals surface area contributed by atoms with Gasteiger partial charge in [0.15, 0.2) is 0 Å². The van der Waals surface area contributed by atoms with Crippen LogP contribution in [0.4, 0.5) is 14.9 Å². The van der Waals surface area contributed by atoms with E-state index in [1.54, 1.807) is 0 Å². The number of halogens is 1. The third-order valence-electron chi connectivity index (χ3n) is 1.44. The molecule has 5 heteroatoms. The number of anilines is 1. The van der Waals surface area contributed by atoms with E-state index in [0.717, 1.165) is 0 Å². The Morgan fingerprint density at radius 2 is 2.23 bits per heavy atom. The van der Waals surface area contributed by atoms with Gasteiger partial charge in [0.05, 0.1) is 5.69 Å². The van der Waals surface area contributed by atoms with Crippen molar-refractivity contribution >= 4 is 11.8 Å². The lowest BCUT2D eigenvalue weighted by Crippen LogP contribution is -2.12. The average Bonchev–Trinajstić information content (AvgIpc) is 2.07. The monoisotopic (exact) mass is 184 g/mol. The fourth-order valence-corrected chi connectivity index (χ4v) is 0.837. The van der Waals surface area contributed by atoms with Crippen molar-refractivity contribution < 1.29 is 13.9 Å². The van der Waals surface area contributed by atoms with Crippen LogP contribution >= 0.6 is 0 Å². The molecule has 0 aliphatic rings. The number of carbonyl (C=O) groups excluding carboxylic acids is 1. The molecule has 1 rings (SSSR count). The fraction of sp³-hybridized carbons (Fsp3) is 0.125. The highest BCUT2D eigenvalue weighted by atomic mass is 19.1. The van der Waals surface area contributed by atoms with Crippen molar-refractivity contribution in [1.29, 1.82) is 0 Å². The Morgan fingerprint density at radius 1 is 1.54 bits per heavy atom. The van der Waals surface area contributed by atoms with Gasteiger partial charge in [-0.2, -0.15) is 0 Å². The number of benzene rings is 1. The second kappa shape index (κ2) is 3.75. The van der Waals surface area contributed by atoms with Crippen molar-refractivity contribution in [2.45, 2.75) is 6.61 Å². The number of primary amides is 1. The summed E-state index contributed by atoms with van der Waals surface area (Å²) in [7, 11) is 0. The lowest BCUT2D eigenvalue weighted by atomic mass is 10.2. The van der Waals surface area contributed by atoms with E-state index in [2.05, 4.69) is 4.74 Å². The molecule has 4 nitrogen and oxygen atoms in total. The van der Waals surface area contributed by atoms with E-state index >= 15 is 0 Å². The zero-order valence-corrected chi connectivity index (χ0v) is 6.79. The number of nitrogen functional groups attached to an aromatic ring is 1. The number of ether oxygens (including phenoxy) is 1. The predicted molar refractivity (Wildman–Crippen MR) is 45.2 cm³/mol. The first-order valence-electron chi connectivity index (χ1n) is 3.55. The van der Waals surface area contributed by atoms with E-state index in [1.165, 1.54) is 18.2 Å². The van der Waals surface area contributed by atoms with E-state index in [0.29, 0.717) is 5.56 Å². The molecule has 4 N–H and O–H groups in total. The lowest BCUT2D eigenvalue weighted by molar-refractivity contribution is 0.150. The second-order valence-electron chi connectivity index (χ2n) is 2.46. The maximum atomic E-state index is 12.6. The standard InChI is InChI=1S/C8H9FN2O2/c9-6-2-1-5(3-7(6)10)4-13-8(11)12/h1-3H,4,10H2,(H2,11,12). The van der Waals surface area contributed by atoms with Crippen molar-refractivity contribution in [3.05, 3.63) is 29.6 Å². The Bertz CT molecular complexity index is 328. The largest absolute Gasteiger partial charge is 0.445 e. The van der Waals surface area contributed by atoms with Crippen molar-refractivity contribution in [3.8, 4) is 0 Å². The highest BCUT2D eigenvalue weighted by molar-refractivity contribution is 5.64. The first-order valence-corrected chi connectivity index (χ1v) is 3.55. The molecule has 0 aliphatic carbocycles. The third kappa shape index (κ3) is 2.62. The summed E-state index contributed by atoms with van der Waals surface area (Å²) < 4.78 is 17.1. The molecule has 1 aromatic carbocycles. The highest BCUT2D eigenvalue weighted by Crippen LogP contribution is 2.12. The zero-order chi connectivity index (χ0) is 9.84. The van der Waals surface area contributed by atoms with Crippen LogP contribution in [0.1, 0.15) is 5.56 Å². The van der Waals surface area contributed by atoms with Crippen molar-refractivity contribution in [2.24, 2.45) is 5.73 Å². The van der Waals surface area contributed by atoms with Crippen molar-refractivity contribution in [3.63, 3.8) is 0 Å². The zero-order valence-electron chi connectivity index (χ0n) is 6.79. The van der Waals surface area contributed by atoms with Gasteiger partial charge in [-0.15, -0.1) is 0 Å². The molecule has 70 valence electrons. The summed E-state index contributed by atoms with van der Waals surface area (Å²) in [6.07, 6.45) is -0.872. The molecule has 13 heavy (non-hydrogen) atoms. The summed E-state index contributed by atoms with van der Waals surface area (Å²) in [5.74, 6) is -0.497. The van der Waals surface area contributed by atoms with E-state index in [1.807, 2.05) is 0 Å². The summed E-state index contributed by atoms with van der Waals surface area (Å²) in [6.45, 7) is -0.000185. The summed E-state index contributed by atoms with van der Waals surface area (Å²) >= 11 is 0. The molecule has 0 heterocycles. The molecule has 0 atom stereocenters. The smallest absolute Gasteiger partial charge is 0.404 e. The molecular formula is C8H9FN2O2. The molecule has 0 saturated heterocycles. The van der Waals surface area contributed by atoms with E-state index in [4.69, 9.17) is 11.5 Å². The minimum atomic E-state index is -0.872. The predicted octanol–water partition coefficient (Wildman–Crippen LogP) is 1.00. The van der Waals surface area contributed by atoms with Crippen LogP contribution in [0.2, 0.25) is 0 Å². The van der Waals surface area contributed by atoms with E-state index in [-0.39, 0.29) is 12.3 Å². The molecule has 0 bridgehead atoms. The minimum absolute atomic E-state index is 0.000185. The number of nitrogens with two attached hydrogens (primary N) is 2. The summed E-state index contributed by atoms with van der Waals surface area (Å²) in [4.78, 5) is 10.2. The summed E-state index contributed by atoms with van der Waals surface area (Å²) in [6, 6.07) is 4.06. The Balaban J connectivity index is 2.68. The van der Waals surface area contributed by atoms with Crippen molar-refractivity contribution in [2.75, 3.05) is 5.73 Å². The topological polar surface area (TPSA) is 78.3 Å². The molecule has 0 fully saturated rings. The molecule has 0 radical (unpaired) electrons. The number of hydrogen-bond acceptors (Lipinski definition) is 3. The van der Waals surface area contributed by atoms with Gasteiger partial charge in [-0.1, -0.05) is 6.07 Å². The molecule has 0 unspecified atom stereocenters. The van der Waals surface area contributed by atoms with Gasteiger partial charge >= 0.3 is 6.09 Å². The molecule has 0 aliphatic heterocycles. The quantitative estimate of drug-likeness (QED) is 0.673. The molecule has 1 amide bonds. The van der Waals surface area contributed by atoms with Gasteiger partial charge in [0, 0.05) is 0 Å². The number of carbonyl (C=O) groups is 1. The van der Waals surface area contributed by atoms with Crippen LogP contribution < -0.4 is 11.5 Å². The van der Waals surface area contributed by atoms with Gasteiger partial charge in [0.1, 0.15) is 12.4 Å². The Labute approximate surface area is 74.3 Å². The number of rotatable bonds is 2.